The van der Waals surface area contributed by atoms with Crippen LogP contribution in [0.5, 0.6) is 17.2 Å². The van der Waals surface area contributed by atoms with Crippen molar-refractivity contribution in [3.8, 4) is 17.2 Å². The molecule has 1 amide bonds. The van der Waals surface area contributed by atoms with E-state index in [1.807, 2.05) is 12.1 Å². The highest BCUT2D eigenvalue weighted by molar-refractivity contribution is 5.95. The SMILES string of the molecule is COc1cc(NC(=O)Cc2coc3cc(OC)ccc23)cc(OC)c1. The Labute approximate surface area is 145 Å². The standard InChI is InChI=1S/C19H19NO5/c1-22-14-4-5-17-12(11-25-18(17)10-14)6-19(21)20-13-7-15(23-2)9-16(8-13)24-3/h4-5,7-11H,6H2,1-3H3,(H,20,21). The molecular weight excluding hydrogens is 322 g/mol. The Morgan fingerprint density at radius 1 is 0.960 bits per heavy atom. The van der Waals surface area contributed by atoms with Gasteiger partial charge in [-0.2, -0.15) is 0 Å². The number of fused-ring (bicyclic) bond motifs is 1. The normalized spacial score (nSPS) is 10.5. The highest BCUT2D eigenvalue weighted by Crippen LogP contribution is 2.28. The van der Waals surface area contributed by atoms with Crippen LogP contribution in [0.4, 0.5) is 5.69 Å². The van der Waals surface area contributed by atoms with Crippen molar-refractivity contribution in [1.29, 1.82) is 0 Å². The van der Waals surface area contributed by atoms with Crippen LogP contribution in [0.2, 0.25) is 0 Å². The molecule has 3 aromatic rings. The van der Waals surface area contributed by atoms with Crippen molar-refractivity contribution in [1.82, 2.24) is 0 Å². The van der Waals surface area contributed by atoms with Crippen molar-refractivity contribution in [3.63, 3.8) is 0 Å². The Morgan fingerprint density at radius 3 is 2.28 bits per heavy atom. The summed E-state index contributed by atoms with van der Waals surface area (Å²) in [6.45, 7) is 0. The van der Waals surface area contributed by atoms with E-state index in [1.165, 1.54) is 0 Å². The highest BCUT2D eigenvalue weighted by Gasteiger charge is 2.12. The summed E-state index contributed by atoms with van der Waals surface area (Å²) in [5.74, 6) is 1.76. The molecule has 0 aliphatic carbocycles. The van der Waals surface area contributed by atoms with Gasteiger partial charge in [-0.15, -0.1) is 0 Å². The van der Waals surface area contributed by atoms with Crippen LogP contribution in [0.1, 0.15) is 5.56 Å². The molecule has 0 saturated carbocycles. The van der Waals surface area contributed by atoms with Crippen molar-refractivity contribution in [2.24, 2.45) is 0 Å². The summed E-state index contributed by atoms with van der Waals surface area (Å²) in [6, 6.07) is 10.7. The molecule has 25 heavy (non-hydrogen) atoms. The zero-order chi connectivity index (χ0) is 17.8. The molecular formula is C19H19NO5. The van der Waals surface area contributed by atoms with E-state index in [1.54, 1.807) is 51.9 Å². The van der Waals surface area contributed by atoms with E-state index in [0.717, 1.165) is 10.9 Å². The molecule has 0 aliphatic rings. The molecule has 0 radical (unpaired) electrons. The average molecular weight is 341 g/mol. The van der Waals surface area contributed by atoms with Gasteiger partial charge in [-0.1, -0.05) is 0 Å². The molecule has 2 aromatic carbocycles. The Kier molecular flexibility index (Phi) is 4.79. The topological polar surface area (TPSA) is 69.9 Å². The van der Waals surface area contributed by atoms with E-state index in [9.17, 15) is 4.79 Å². The van der Waals surface area contributed by atoms with Crippen molar-refractivity contribution in [2.75, 3.05) is 26.6 Å². The van der Waals surface area contributed by atoms with Crippen molar-refractivity contribution in [2.45, 2.75) is 6.42 Å². The predicted molar refractivity (Wildman–Crippen MR) is 94.6 cm³/mol. The van der Waals surface area contributed by atoms with Crippen molar-refractivity contribution in [3.05, 3.63) is 48.2 Å². The van der Waals surface area contributed by atoms with Crippen LogP contribution in [0.15, 0.2) is 47.1 Å². The molecule has 6 heteroatoms. The number of methoxy groups -OCH3 is 3. The van der Waals surface area contributed by atoms with Crippen molar-refractivity contribution >= 4 is 22.6 Å². The van der Waals surface area contributed by atoms with Crippen LogP contribution in [0.25, 0.3) is 11.0 Å². The number of amides is 1. The van der Waals surface area contributed by atoms with Gasteiger partial charge in [0.2, 0.25) is 5.91 Å². The van der Waals surface area contributed by atoms with E-state index < -0.39 is 0 Å². The predicted octanol–water partition coefficient (Wildman–Crippen LogP) is 3.64. The van der Waals surface area contributed by atoms with Gasteiger partial charge in [0.15, 0.2) is 0 Å². The summed E-state index contributed by atoms with van der Waals surface area (Å²) < 4.78 is 21.1. The van der Waals surface area contributed by atoms with Gasteiger partial charge in [-0.05, 0) is 12.1 Å². The molecule has 0 atom stereocenters. The van der Waals surface area contributed by atoms with Gasteiger partial charge in [-0.3, -0.25) is 4.79 Å². The Hall–Kier alpha value is -3.15. The minimum atomic E-state index is -0.158. The lowest BCUT2D eigenvalue weighted by Gasteiger charge is -2.09. The molecule has 1 N–H and O–H groups in total. The van der Waals surface area contributed by atoms with Crippen LogP contribution < -0.4 is 19.5 Å². The first-order chi connectivity index (χ1) is 12.1. The number of nitrogens with one attached hydrogen (secondary N) is 1. The third kappa shape index (κ3) is 3.68. The summed E-state index contributed by atoms with van der Waals surface area (Å²) in [4.78, 5) is 12.4. The van der Waals surface area contributed by atoms with E-state index >= 15 is 0 Å². The average Bonchev–Trinajstić information content (AvgIpc) is 3.03. The van der Waals surface area contributed by atoms with Gasteiger partial charge in [0.1, 0.15) is 22.8 Å². The van der Waals surface area contributed by atoms with E-state index in [0.29, 0.717) is 28.5 Å². The molecule has 1 heterocycles. The van der Waals surface area contributed by atoms with Gasteiger partial charge in [0.05, 0.1) is 34.0 Å². The third-order valence-corrected chi connectivity index (χ3v) is 3.85. The fourth-order valence-corrected chi connectivity index (χ4v) is 2.59. The lowest BCUT2D eigenvalue weighted by molar-refractivity contribution is -0.115. The summed E-state index contributed by atoms with van der Waals surface area (Å²) in [5.41, 5.74) is 2.10. The van der Waals surface area contributed by atoms with E-state index in [2.05, 4.69) is 5.32 Å². The zero-order valence-corrected chi connectivity index (χ0v) is 14.3. The molecule has 0 bridgehead atoms. The maximum atomic E-state index is 12.4. The number of rotatable bonds is 6. The molecule has 0 saturated heterocycles. The molecule has 1 aromatic heterocycles. The van der Waals surface area contributed by atoms with E-state index in [-0.39, 0.29) is 12.3 Å². The lowest BCUT2D eigenvalue weighted by atomic mass is 10.1. The van der Waals surface area contributed by atoms with Gasteiger partial charge in [0, 0.05) is 40.9 Å². The minimum Gasteiger partial charge on any atom is -0.497 e. The van der Waals surface area contributed by atoms with Crippen LogP contribution in [0, 0.1) is 0 Å². The molecule has 130 valence electrons. The second kappa shape index (κ2) is 7.17. The first-order valence-electron chi connectivity index (χ1n) is 7.70. The van der Waals surface area contributed by atoms with Gasteiger partial charge in [-0.25, -0.2) is 0 Å². The second-order valence-electron chi connectivity index (χ2n) is 5.45. The number of hydrogen-bond donors (Lipinski definition) is 1. The molecule has 0 aliphatic heterocycles. The Bertz CT molecular complexity index is 878. The zero-order valence-electron chi connectivity index (χ0n) is 14.3. The minimum absolute atomic E-state index is 0.158. The maximum absolute atomic E-state index is 12.4. The van der Waals surface area contributed by atoms with Crippen LogP contribution >= 0.6 is 0 Å². The number of furan rings is 1. The first kappa shape index (κ1) is 16.7. The maximum Gasteiger partial charge on any atom is 0.228 e. The first-order valence-corrected chi connectivity index (χ1v) is 7.70. The Balaban J connectivity index is 1.77. The summed E-state index contributed by atoms with van der Waals surface area (Å²) in [7, 11) is 4.72. The summed E-state index contributed by atoms with van der Waals surface area (Å²) >= 11 is 0. The van der Waals surface area contributed by atoms with Gasteiger partial charge < -0.3 is 23.9 Å². The smallest absolute Gasteiger partial charge is 0.228 e. The summed E-state index contributed by atoms with van der Waals surface area (Å²) in [5, 5.41) is 3.74. The number of hydrogen-bond acceptors (Lipinski definition) is 5. The van der Waals surface area contributed by atoms with Crippen LogP contribution in [-0.2, 0) is 11.2 Å². The number of anilines is 1. The van der Waals surface area contributed by atoms with E-state index in [4.69, 9.17) is 18.6 Å². The molecule has 0 fully saturated rings. The fourth-order valence-electron chi connectivity index (χ4n) is 2.59. The van der Waals surface area contributed by atoms with Gasteiger partial charge >= 0.3 is 0 Å². The molecule has 0 spiro atoms. The number of carbonyl (C=O) groups is 1. The van der Waals surface area contributed by atoms with Gasteiger partial charge in [0.25, 0.3) is 0 Å². The second-order valence-corrected chi connectivity index (χ2v) is 5.45. The summed E-state index contributed by atoms with van der Waals surface area (Å²) in [6.07, 6.45) is 1.79. The van der Waals surface area contributed by atoms with Crippen molar-refractivity contribution < 1.29 is 23.4 Å². The number of carbonyl (C=O) groups excluding carboxylic acids is 1. The monoisotopic (exact) mass is 341 g/mol. The highest BCUT2D eigenvalue weighted by atomic mass is 16.5. The quantitative estimate of drug-likeness (QED) is 0.741. The lowest BCUT2D eigenvalue weighted by Crippen LogP contribution is -2.14. The largest absolute Gasteiger partial charge is 0.497 e. The third-order valence-electron chi connectivity index (χ3n) is 3.85. The fraction of sp³-hybridized carbons (Fsp3) is 0.211. The number of ether oxygens (including phenoxy) is 3. The molecule has 3 rings (SSSR count). The Morgan fingerprint density at radius 2 is 1.64 bits per heavy atom. The number of benzene rings is 2. The molecule has 6 nitrogen and oxygen atoms in total. The van der Waals surface area contributed by atoms with Crippen LogP contribution in [-0.4, -0.2) is 27.2 Å². The molecule has 0 unspecified atom stereocenters. The van der Waals surface area contributed by atoms with Crippen LogP contribution in [0.3, 0.4) is 0 Å².